The molecule has 2 saturated heterocycles. The van der Waals surface area contributed by atoms with Gasteiger partial charge >= 0.3 is 5.97 Å². The summed E-state index contributed by atoms with van der Waals surface area (Å²) in [6, 6.07) is 11.9. The number of cyclic esters (lactones) is 1. The van der Waals surface area contributed by atoms with E-state index in [0.717, 1.165) is 10.8 Å². The van der Waals surface area contributed by atoms with E-state index in [9.17, 15) is 24.3 Å². The van der Waals surface area contributed by atoms with E-state index in [1.165, 1.54) is 4.90 Å². The number of hydrogen-bond donors (Lipinski definition) is 2. The Hall–Kier alpha value is -4.02. The van der Waals surface area contributed by atoms with Crippen LogP contribution in [0.1, 0.15) is 40.0 Å². The van der Waals surface area contributed by atoms with Crippen LogP contribution in [0.4, 0.5) is 5.69 Å². The Balaban J connectivity index is 1.47. The van der Waals surface area contributed by atoms with Crippen LogP contribution >= 0.6 is 0 Å². The second-order valence-electron chi connectivity index (χ2n) is 12.6. The number of carbonyl (C=O) groups excluding carboxylic acids is 4. The van der Waals surface area contributed by atoms with Gasteiger partial charge in [0.2, 0.25) is 11.8 Å². The first kappa shape index (κ1) is 31.0. The Bertz CT molecular complexity index is 1550. The first-order valence-electron chi connectivity index (χ1n) is 15.9. The van der Waals surface area contributed by atoms with Crippen LogP contribution in [-0.4, -0.2) is 83.3 Å². The third-order valence-electron chi connectivity index (χ3n) is 9.86. The number of rotatable bonds is 5. The average molecular weight is 616 g/mol. The minimum Gasteiger partial charge on any atom is -0.460 e. The van der Waals surface area contributed by atoms with Crippen LogP contribution in [0.5, 0.6) is 0 Å². The van der Waals surface area contributed by atoms with Gasteiger partial charge in [-0.05, 0) is 42.2 Å². The molecule has 0 saturated carbocycles. The molecule has 2 aromatic rings. The predicted molar refractivity (Wildman–Crippen MR) is 168 cm³/mol. The highest BCUT2D eigenvalue weighted by Gasteiger charge is 2.72. The number of aliphatic hydroxyl groups excluding tert-OH is 1. The van der Waals surface area contributed by atoms with Crippen molar-refractivity contribution < 1.29 is 33.8 Å². The summed E-state index contributed by atoms with van der Waals surface area (Å²) in [6.07, 6.45) is 6.97. The number of anilines is 1. The highest BCUT2D eigenvalue weighted by molar-refractivity contribution is 6.06. The maximum Gasteiger partial charge on any atom is 0.313 e. The SMILES string of the molecule is CC[C@H](C)[C@H](CO)N1C(=O)[C@H]2[C@@H]3C(=O)O[C@@H](C)CNC(=O)CC/C=C\[C@@H]3O[C@]23C=CCN(c2ccc4ccccc4c2)C(=O)[C@H]13. The monoisotopic (exact) mass is 615 g/mol. The third kappa shape index (κ3) is 5.33. The molecule has 10 nitrogen and oxygen atoms in total. The quantitative estimate of drug-likeness (QED) is 0.391. The lowest BCUT2D eigenvalue weighted by atomic mass is 9.78. The fourth-order valence-corrected chi connectivity index (χ4v) is 7.35. The number of benzene rings is 2. The van der Waals surface area contributed by atoms with Crippen molar-refractivity contribution in [2.75, 3.05) is 24.6 Å². The van der Waals surface area contributed by atoms with E-state index in [1.54, 1.807) is 30.1 Å². The molecule has 45 heavy (non-hydrogen) atoms. The van der Waals surface area contributed by atoms with Crippen molar-refractivity contribution in [2.45, 2.75) is 69.9 Å². The number of fused-ring (bicyclic) bond motifs is 3. The molecule has 10 heteroatoms. The lowest BCUT2D eigenvalue weighted by molar-refractivity contribution is -0.159. The van der Waals surface area contributed by atoms with Gasteiger partial charge in [-0.2, -0.15) is 0 Å². The van der Waals surface area contributed by atoms with Crippen LogP contribution in [0.25, 0.3) is 10.8 Å². The molecular formula is C35H41N3O7. The number of ether oxygens (including phenoxy) is 2. The van der Waals surface area contributed by atoms with Crippen LogP contribution in [0.2, 0.25) is 0 Å². The summed E-state index contributed by atoms with van der Waals surface area (Å²) in [4.78, 5) is 58.8. The van der Waals surface area contributed by atoms with Gasteiger partial charge in [-0.1, -0.05) is 74.9 Å². The second kappa shape index (κ2) is 12.4. The van der Waals surface area contributed by atoms with Crippen molar-refractivity contribution in [3.8, 4) is 0 Å². The second-order valence-corrected chi connectivity index (χ2v) is 12.6. The zero-order valence-electron chi connectivity index (χ0n) is 25.9. The number of allylic oxidation sites excluding steroid dienone is 1. The van der Waals surface area contributed by atoms with Gasteiger partial charge in [0.15, 0.2) is 0 Å². The number of nitrogens with one attached hydrogen (secondary N) is 1. The van der Waals surface area contributed by atoms with Crippen LogP contribution in [-0.2, 0) is 28.7 Å². The normalized spacial score (nSPS) is 32.4. The number of hydrogen-bond acceptors (Lipinski definition) is 7. The Morgan fingerprint density at radius 3 is 2.60 bits per heavy atom. The van der Waals surface area contributed by atoms with Crippen molar-refractivity contribution in [1.82, 2.24) is 10.2 Å². The molecule has 2 aromatic carbocycles. The first-order valence-corrected chi connectivity index (χ1v) is 15.9. The lowest BCUT2D eigenvalue weighted by Crippen LogP contribution is -2.59. The average Bonchev–Trinajstić information content (AvgIpc) is 3.42. The molecule has 8 atom stereocenters. The van der Waals surface area contributed by atoms with Gasteiger partial charge < -0.3 is 29.7 Å². The third-order valence-corrected chi connectivity index (χ3v) is 9.86. The van der Waals surface area contributed by atoms with Gasteiger partial charge in [0, 0.05) is 18.7 Å². The fraction of sp³-hybridized carbons (Fsp3) is 0.486. The molecular weight excluding hydrogens is 574 g/mol. The molecule has 4 aliphatic heterocycles. The predicted octanol–water partition coefficient (Wildman–Crippen LogP) is 3.13. The molecule has 0 radical (unpaired) electrons. The maximum atomic E-state index is 14.9. The molecule has 1 spiro atoms. The molecule has 0 bridgehead atoms. The standard InChI is InChI=1S/C35H41N3O7/c1-4-21(2)26(20-39)38-31-33(42)37(25-15-14-23-10-5-6-11-24(23)18-25)17-9-16-35(31)30(32(38)41)29-27(45-35)12-7-8-13-28(40)36-19-22(3)44-34(29)43/h5-7,9-12,14-16,18,21-22,26-27,29-31,39H,4,8,13,17,19-20H2,1-3H3,(H,36,40)/b12-7-/t21-,22-,26-,27-,29+,30+,31-,35+/m0/s1. The Labute approximate surface area is 263 Å². The van der Waals surface area contributed by atoms with E-state index >= 15 is 0 Å². The number of esters is 1. The summed E-state index contributed by atoms with van der Waals surface area (Å²) in [7, 11) is 0. The van der Waals surface area contributed by atoms with Gasteiger partial charge in [0.1, 0.15) is 23.7 Å². The molecule has 0 unspecified atom stereocenters. The zero-order valence-corrected chi connectivity index (χ0v) is 25.9. The van der Waals surface area contributed by atoms with Gasteiger partial charge in [-0.25, -0.2) is 0 Å². The van der Waals surface area contributed by atoms with E-state index in [1.807, 2.05) is 62.4 Å². The summed E-state index contributed by atoms with van der Waals surface area (Å²) in [5.74, 6) is -3.74. The van der Waals surface area contributed by atoms with Crippen LogP contribution in [0.3, 0.4) is 0 Å². The van der Waals surface area contributed by atoms with Crippen LogP contribution in [0.15, 0.2) is 66.8 Å². The molecule has 238 valence electrons. The number of nitrogens with zero attached hydrogens (tertiary/aromatic N) is 2. The van der Waals surface area contributed by atoms with Crippen molar-refractivity contribution >= 4 is 40.2 Å². The zero-order chi connectivity index (χ0) is 31.9. The summed E-state index contributed by atoms with van der Waals surface area (Å²) >= 11 is 0. The number of aliphatic hydroxyl groups is 1. The molecule has 0 aliphatic carbocycles. The maximum absolute atomic E-state index is 14.9. The van der Waals surface area contributed by atoms with E-state index in [0.29, 0.717) is 18.5 Å². The smallest absolute Gasteiger partial charge is 0.313 e. The molecule has 3 amide bonds. The van der Waals surface area contributed by atoms with Gasteiger partial charge in [-0.15, -0.1) is 0 Å². The topological polar surface area (TPSA) is 125 Å². The molecule has 6 rings (SSSR count). The largest absolute Gasteiger partial charge is 0.460 e. The van der Waals surface area contributed by atoms with Crippen molar-refractivity contribution in [1.29, 1.82) is 0 Å². The summed E-state index contributed by atoms with van der Waals surface area (Å²) in [5.41, 5.74) is -0.799. The minimum atomic E-state index is -1.48. The fourth-order valence-electron chi connectivity index (χ4n) is 7.35. The Morgan fingerprint density at radius 2 is 1.84 bits per heavy atom. The van der Waals surface area contributed by atoms with Crippen LogP contribution in [0, 0.1) is 17.8 Å². The van der Waals surface area contributed by atoms with Crippen molar-refractivity contribution in [2.24, 2.45) is 17.8 Å². The number of carbonyl (C=O) groups is 4. The summed E-state index contributed by atoms with van der Waals surface area (Å²) in [6.45, 7) is 5.64. The van der Waals surface area contributed by atoms with E-state index in [-0.39, 0.29) is 43.8 Å². The van der Waals surface area contributed by atoms with E-state index < -0.39 is 53.6 Å². The summed E-state index contributed by atoms with van der Waals surface area (Å²) < 4.78 is 12.6. The molecule has 0 aromatic heterocycles. The Kier molecular flexibility index (Phi) is 8.54. The lowest BCUT2D eigenvalue weighted by Gasteiger charge is -2.40. The highest BCUT2D eigenvalue weighted by Crippen LogP contribution is 2.54. The molecule has 4 heterocycles. The van der Waals surface area contributed by atoms with E-state index in [2.05, 4.69) is 5.32 Å². The van der Waals surface area contributed by atoms with Crippen LogP contribution < -0.4 is 10.2 Å². The highest BCUT2D eigenvalue weighted by atomic mass is 16.6. The molecule has 4 aliphatic rings. The molecule has 2 N–H and O–H groups in total. The van der Waals surface area contributed by atoms with E-state index in [4.69, 9.17) is 9.47 Å². The Morgan fingerprint density at radius 1 is 1.07 bits per heavy atom. The van der Waals surface area contributed by atoms with Gasteiger partial charge in [-0.3, -0.25) is 19.2 Å². The number of amides is 3. The van der Waals surface area contributed by atoms with Crippen molar-refractivity contribution in [3.05, 3.63) is 66.8 Å². The minimum absolute atomic E-state index is 0.133. The van der Waals surface area contributed by atoms with Gasteiger partial charge in [0.05, 0.1) is 31.2 Å². The summed E-state index contributed by atoms with van der Waals surface area (Å²) in [5, 5.41) is 15.4. The number of likely N-dealkylation sites (tertiary alicyclic amines) is 1. The van der Waals surface area contributed by atoms with Gasteiger partial charge in [0.25, 0.3) is 5.91 Å². The van der Waals surface area contributed by atoms with Crippen molar-refractivity contribution in [3.63, 3.8) is 0 Å². The molecule has 2 fully saturated rings. The first-order chi connectivity index (χ1) is 21.7.